The summed E-state index contributed by atoms with van der Waals surface area (Å²) < 4.78 is 11.4. The van der Waals surface area contributed by atoms with Crippen LogP contribution in [0.15, 0.2) is 4.52 Å². The Morgan fingerprint density at radius 2 is 1.71 bits per heavy atom. The summed E-state index contributed by atoms with van der Waals surface area (Å²) in [6.07, 6.45) is 14.7. The Labute approximate surface area is 168 Å². The molecule has 3 aliphatic rings. The van der Waals surface area contributed by atoms with Crippen LogP contribution in [0.4, 0.5) is 0 Å². The highest BCUT2D eigenvalue weighted by Gasteiger charge is 2.33. The van der Waals surface area contributed by atoms with Gasteiger partial charge in [-0.25, -0.2) is 0 Å². The molecular formula is C22H35N3O3. The molecule has 1 aromatic rings. The second-order valence-corrected chi connectivity index (χ2v) is 8.98. The molecule has 1 aliphatic heterocycles. The summed E-state index contributed by atoms with van der Waals surface area (Å²) in [6.45, 7) is 2.32. The molecule has 0 bridgehead atoms. The second-order valence-electron chi connectivity index (χ2n) is 8.98. The van der Waals surface area contributed by atoms with Gasteiger partial charge in [-0.05, 0) is 56.8 Å². The monoisotopic (exact) mass is 389 g/mol. The normalized spacial score (nSPS) is 24.3. The summed E-state index contributed by atoms with van der Waals surface area (Å²) in [6, 6.07) is -0.0386. The highest BCUT2D eigenvalue weighted by atomic mass is 16.5. The fourth-order valence-corrected chi connectivity index (χ4v) is 5.16. The number of carbonyl (C=O) groups is 1. The lowest BCUT2D eigenvalue weighted by molar-refractivity contribution is -0.136. The summed E-state index contributed by atoms with van der Waals surface area (Å²) in [5.74, 6) is 2.91. The first-order valence-corrected chi connectivity index (χ1v) is 11.5. The third-order valence-electron chi connectivity index (χ3n) is 6.83. The van der Waals surface area contributed by atoms with E-state index in [9.17, 15) is 4.79 Å². The summed E-state index contributed by atoms with van der Waals surface area (Å²) >= 11 is 0. The SMILES string of the molecule is O=C(CC1CCCC1)N1CCCCC1c1nc(CCOCC2CCCC2)no1. The minimum Gasteiger partial charge on any atom is -0.381 e. The van der Waals surface area contributed by atoms with Gasteiger partial charge in [0.25, 0.3) is 0 Å². The highest BCUT2D eigenvalue weighted by molar-refractivity contribution is 5.77. The first-order chi connectivity index (χ1) is 13.8. The molecule has 1 unspecified atom stereocenters. The number of aromatic nitrogens is 2. The molecule has 156 valence electrons. The molecule has 1 saturated heterocycles. The topological polar surface area (TPSA) is 68.5 Å². The van der Waals surface area contributed by atoms with Crippen LogP contribution in [0, 0.1) is 11.8 Å². The van der Waals surface area contributed by atoms with E-state index in [4.69, 9.17) is 9.26 Å². The van der Waals surface area contributed by atoms with Crippen LogP contribution in [0.5, 0.6) is 0 Å². The molecule has 0 aromatic carbocycles. The second kappa shape index (κ2) is 9.86. The quantitative estimate of drug-likeness (QED) is 0.614. The minimum absolute atomic E-state index is 0.0386. The Bertz CT molecular complexity index is 620. The van der Waals surface area contributed by atoms with E-state index >= 15 is 0 Å². The van der Waals surface area contributed by atoms with Gasteiger partial charge in [0.2, 0.25) is 11.8 Å². The van der Waals surface area contributed by atoms with Crippen LogP contribution < -0.4 is 0 Å². The van der Waals surface area contributed by atoms with Crippen LogP contribution in [0.3, 0.4) is 0 Å². The molecule has 0 radical (unpaired) electrons. The third kappa shape index (κ3) is 5.13. The standard InChI is InChI=1S/C22H35N3O3/c26-21(15-17-7-1-2-8-17)25-13-6-5-11-19(25)22-23-20(24-28-22)12-14-27-16-18-9-3-4-10-18/h17-19H,1-16H2. The lowest BCUT2D eigenvalue weighted by Gasteiger charge is -2.34. The van der Waals surface area contributed by atoms with Gasteiger partial charge in [-0.3, -0.25) is 4.79 Å². The molecular weight excluding hydrogens is 354 g/mol. The lowest BCUT2D eigenvalue weighted by Crippen LogP contribution is -2.39. The van der Waals surface area contributed by atoms with E-state index in [1.165, 1.54) is 51.4 Å². The molecule has 0 spiro atoms. The molecule has 4 rings (SSSR count). The van der Waals surface area contributed by atoms with Crippen molar-refractivity contribution in [1.29, 1.82) is 0 Å². The van der Waals surface area contributed by atoms with Gasteiger partial charge < -0.3 is 14.2 Å². The molecule has 6 nitrogen and oxygen atoms in total. The average molecular weight is 390 g/mol. The van der Waals surface area contributed by atoms with Crippen molar-refractivity contribution in [3.63, 3.8) is 0 Å². The summed E-state index contributed by atoms with van der Waals surface area (Å²) in [5.41, 5.74) is 0. The van der Waals surface area contributed by atoms with Crippen LogP contribution in [-0.2, 0) is 16.0 Å². The van der Waals surface area contributed by atoms with Crippen molar-refractivity contribution in [2.75, 3.05) is 19.8 Å². The van der Waals surface area contributed by atoms with Gasteiger partial charge in [-0.1, -0.05) is 30.8 Å². The number of rotatable bonds is 8. The Morgan fingerprint density at radius 1 is 1.00 bits per heavy atom. The van der Waals surface area contributed by atoms with E-state index in [1.807, 2.05) is 4.90 Å². The van der Waals surface area contributed by atoms with Crippen molar-refractivity contribution in [2.24, 2.45) is 11.8 Å². The van der Waals surface area contributed by atoms with Crippen LogP contribution in [-0.4, -0.2) is 40.7 Å². The number of hydrogen-bond acceptors (Lipinski definition) is 5. The van der Waals surface area contributed by atoms with E-state index < -0.39 is 0 Å². The zero-order chi connectivity index (χ0) is 19.2. The number of ether oxygens (including phenoxy) is 1. The molecule has 6 heteroatoms. The summed E-state index contributed by atoms with van der Waals surface area (Å²) in [7, 11) is 0. The van der Waals surface area contributed by atoms with Crippen molar-refractivity contribution in [3.05, 3.63) is 11.7 Å². The highest BCUT2D eigenvalue weighted by Crippen LogP contribution is 2.33. The van der Waals surface area contributed by atoms with E-state index in [0.29, 0.717) is 37.1 Å². The minimum atomic E-state index is -0.0386. The zero-order valence-electron chi connectivity index (χ0n) is 17.1. The molecule has 2 heterocycles. The number of carbonyl (C=O) groups excluding carboxylic acids is 1. The summed E-state index contributed by atoms with van der Waals surface area (Å²) in [5, 5.41) is 4.15. The number of piperidine rings is 1. The van der Waals surface area contributed by atoms with E-state index in [0.717, 1.165) is 38.3 Å². The van der Waals surface area contributed by atoms with Crippen LogP contribution in [0.1, 0.15) is 94.8 Å². The van der Waals surface area contributed by atoms with Crippen molar-refractivity contribution >= 4 is 5.91 Å². The largest absolute Gasteiger partial charge is 0.381 e. The number of likely N-dealkylation sites (tertiary alicyclic amines) is 1. The first kappa shape index (κ1) is 19.9. The maximum atomic E-state index is 12.9. The Kier molecular flexibility index (Phi) is 7.00. The van der Waals surface area contributed by atoms with Crippen LogP contribution in [0.25, 0.3) is 0 Å². The van der Waals surface area contributed by atoms with Gasteiger partial charge in [0.05, 0.1) is 6.61 Å². The molecule has 28 heavy (non-hydrogen) atoms. The van der Waals surface area contributed by atoms with Crippen LogP contribution >= 0.6 is 0 Å². The Morgan fingerprint density at radius 3 is 2.50 bits per heavy atom. The van der Waals surface area contributed by atoms with Gasteiger partial charge in [0.15, 0.2) is 5.82 Å². The fourth-order valence-electron chi connectivity index (χ4n) is 5.16. The van der Waals surface area contributed by atoms with Gasteiger partial charge >= 0.3 is 0 Å². The molecule has 0 N–H and O–H groups in total. The molecule has 1 amide bonds. The van der Waals surface area contributed by atoms with Crippen molar-refractivity contribution in [2.45, 2.75) is 89.5 Å². The Balaban J connectivity index is 1.28. The number of hydrogen-bond donors (Lipinski definition) is 0. The lowest BCUT2D eigenvalue weighted by atomic mass is 9.98. The van der Waals surface area contributed by atoms with Crippen molar-refractivity contribution in [1.82, 2.24) is 15.0 Å². The van der Waals surface area contributed by atoms with Crippen LogP contribution in [0.2, 0.25) is 0 Å². The fraction of sp³-hybridized carbons (Fsp3) is 0.864. The predicted octanol–water partition coefficient (Wildman–Crippen LogP) is 4.45. The molecule has 2 saturated carbocycles. The van der Waals surface area contributed by atoms with Gasteiger partial charge in [-0.15, -0.1) is 0 Å². The average Bonchev–Trinajstić information content (AvgIpc) is 3.48. The molecule has 3 fully saturated rings. The van der Waals surface area contributed by atoms with Crippen molar-refractivity contribution in [3.8, 4) is 0 Å². The molecule has 1 atom stereocenters. The number of amides is 1. The summed E-state index contributed by atoms with van der Waals surface area (Å²) in [4.78, 5) is 19.5. The number of nitrogens with zero attached hydrogens (tertiary/aromatic N) is 3. The predicted molar refractivity (Wildman–Crippen MR) is 106 cm³/mol. The van der Waals surface area contributed by atoms with E-state index in [2.05, 4.69) is 10.1 Å². The van der Waals surface area contributed by atoms with Gasteiger partial charge in [-0.2, -0.15) is 4.98 Å². The van der Waals surface area contributed by atoms with E-state index in [-0.39, 0.29) is 11.9 Å². The Hall–Kier alpha value is -1.43. The maximum Gasteiger partial charge on any atom is 0.249 e. The van der Waals surface area contributed by atoms with E-state index in [1.54, 1.807) is 0 Å². The first-order valence-electron chi connectivity index (χ1n) is 11.5. The molecule has 1 aromatic heterocycles. The van der Waals surface area contributed by atoms with Gasteiger partial charge in [0.1, 0.15) is 6.04 Å². The smallest absolute Gasteiger partial charge is 0.249 e. The van der Waals surface area contributed by atoms with Crippen molar-refractivity contribution < 1.29 is 14.1 Å². The van der Waals surface area contributed by atoms with Gasteiger partial charge in [0, 0.05) is 26.0 Å². The maximum absolute atomic E-state index is 12.9. The molecule has 2 aliphatic carbocycles. The third-order valence-corrected chi connectivity index (χ3v) is 6.83. The zero-order valence-corrected chi connectivity index (χ0v) is 17.1.